The maximum atomic E-state index is 12.5. The molecule has 23 heavy (non-hydrogen) atoms. The van der Waals surface area contributed by atoms with Crippen LogP contribution in [0.2, 0.25) is 0 Å². The molecule has 0 spiro atoms. The highest BCUT2D eigenvalue weighted by Gasteiger charge is 2.48. The smallest absolute Gasteiger partial charge is 0.396 e. The van der Waals surface area contributed by atoms with Crippen LogP contribution >= 0.6 is 0 Å². The van der Waals surface area contributed by atoms with Crippen molar-refractivity contribution in [1.29, 1.82) is 0 Å². The van der Waals surface area contributed by atoms with Gasteiger partial charge in [-0.25, -0.2) is 0 Å². The zero-order chi connectivity index (χ0) is 16.6. The summed E-state index contributed by atoms with van der Waals surface area (Å²) in [6.07, 6.45) is 0.111. The summed E-state index contributed by atoms with van der Waals surface area (Å²) < 4.78 is 37.2. The Morgan fingerprint density at radius 2 is 1.78 bits per heavy atom. The van der Waals surface area contributed by atoms with Gasteiger partial charge >= 0.3 is 6.18 Å². The molecule has 2 bridgehead atoms. The SMILES string of the molecule is O=C(N[C@@H]1[C@H]2CC[C@@H](C2)[C@H]1CO)C1CCN(CC(F)(F)F)CC1. The highest BCUT2D eigenvalue weighted by Crippen LogP contribution is 2.48. The van der Waals surface area contributed by atoms with Crippen LogP contribution < -0.4 is 5.32 Å². The molecule has 4 nitrogen and oxygen atoms in total. The molecule has 0 aromatic rings. The molecule has 2 saturated carbocycles. The summed E-state index contributed by atoms with van der Waals surface area (Å²) in [6.45, 7) is -0.147. The van der Waals surface area contributed by atoms with Gasteiger partial charge in [-0.3, -0.25) is 9.69 Å². The fourth-order valence-electron chi connectivity index (χ4n) is 4.79. The second kappa shape index (κ2) is 6.59. The average molecular weight is 334 g/mol. The summed E-state index contributed by atoms with van der Waals surface area (Å²) in [5, 5.41) is 12.7. The third-order valence-electron chi connectivity index (χ3n) is 5.97. The highest BCUT2D eigenvalue weighted by molar-refractivity contribution is 5.79. The molecule has 0 radical (unpaired) electrons. The number of hydrogen-bond acceptors (Lipinski definition) is 3. The predicted molar refractivity (Wildman–Crippen MR) is 78.6 cm³/mol. The van der Waals surface area contributed by atoms with Crippen molar-refractivity contribution in [2.75, 3.05) is 26.2 Å². The summed E-state index contributed by atoms with van der Waals surface area (Å²) in [4.78, 5) is 13.8. The second-order valence-corrected chi connectivity index (χ2v) is 7.38. The summed E-state index contributed by atoms with van der Waals surface area (Å²) in [5.74, 6) is 0.906. The van der Waals surface area contributed by atoms with Gasteiger partial charge < -0.3 is 10.4 Å². The van der Waals surface area contributed by atoms with Crippen LogP contribution in [0.15, 0.2) is 0 Å². The predicted octanol–water partition coefficient (Wildman–Crippen LogP) is 1.78. The first-order valence-electron chi connectivity index (χ1n) is 8.57. The number of carbonyl (C=O) groups is 1. The maximum Gasteiger partial charge on any atom is 0.401 e. The van der Waals surface area contributed by atoms with E-state index in [4.69, 9.17) is 0 Å². The number of rotatable bonds is 4. The van der Waals surface area contributed by atoms with Gasteiger partial charge in [0.25, 0.3) is 0 Å². The number of amides is 1. The van der Waals surface area contributed by atoms with Crippen LogP contribution in [0, 0.1) is 23.7 Å². The monoisotopic (exact) mass is 334 g/mol. The number of carbonyl (C=O) groups excluding carboxylic acids is 1. The molecule has 4 atom stereocenters. The number of aliphatic hydroxyl groups excluding tert-OH is 1. The number of nitrogens with zero attached hydrogens (tertiary/aromatic N) is 1. The minimum Gasteiger partial charge on any atom is -0.396 e. The van der Waals surface area contributed by atoms with Gasteiger partial charge in [0.1, 0.15) is 0 Å². The Morgan fingerprint density at radius 3 is 2.39 bits per heavy atom. The summed E-state index contributed by atoms with van der Waals surface area (Å²) in [5.41, 5.74) is 0. The van der Waals surface area contributed by atoms with E-state index in [9.17, 15) is 23.1 Å². The van der Waals surface area contributed by atoms with E-state index in [1.54, 1.807) is 0 Å². The molecule has 3 aliphatic rings. The molecular formula is C16H25F3N2O2. The third-order valence-corrected chi connectivity index (χ3v) is 5.97. The number of halogens is 3. The van der Waals surface area contributed by atoms with Crippen LogP contribution in [-0.2, 0) is 4.79 Å². The van der Waals surface area contributed by atoms with Crippen molar-refractivity contribution in [2.24, 2.45) is 23.7 Å². The molecule has 7 heteroatoms. The number of aliphatic hydroxyl groups is 1. The molecule has 1 amide bonds. The highest BCUT2D eigenvalue weighted by atomic mass is 19.4. The van der Waals surface area contributed by atoms with E-state index < -0.39 is 12.7 Å². The Bertz CT molecular complexity index is 436. The van der Waals surface area contributed by atoms with Crippen LogP contribution in [-0.4, -0.2) is 54.4 Å². The van der Waals surface area contributed by atoms with Crippen molar-refractivity contribution in [3.63, 3.8) is 0 Å². The van der Waals surface area contributed by atoms with Crippen molar-refractivity contribution in [2.45, 2.75) is 44.3 Å². The van der Waals surface area contributed by atoms with Crippen LogP contribution in [0.4, 0.5) is 13.2 Å². The molecule has 1 aliphatic heterocycles. The fourth-order valence-corrected chi connectivity index (χ4v) is 4.79. The molecule has 0 aromatic carbocycles. The van der Waals surface area contributed by atoms with Crippen molar-refractivity contribution in [3.8, 4) is 0 Å². The quantitative estimate of drug-likeness (QED) is 0.824. The minimum atomic E-state index is -4.17. The topological polar surface area (TPSA) is 52.6 Å². The molecule has 0 unspecified atom stereocenters. The van der Waals surface area contributed by atoms with Gasteiger partial charge in [-0.05, 0) is 57.0 Å². The molecular weight excluding hydrogens is 309 g/mol. The van der Waals surface area contributed by atoms with E-state index in [0.717, 1.165) is 19.3 Å². The van der Waals surface area contributed by atoms with Crippen LogP contribution in [0.5, 0.6) is 0 Å². The number of alkyl halides is 3. The van der Waals surface area contributed by atoms with Gasteiger partial charge in [-0.2, -0.15) is 13.2 Å². The van der Waals surface area contributed by atoms with Crippen molar-refractivity contribution < 1.29 is 23.1 Å². The van der Waals surface area contributed by atoms with E-state index in [1.807, 2.05) is 0 Å². The molecule has 3 rings (SSSR count). The molecule has 0 aromatic heterocycles. The number of hydrogen-bond donors (Lipinski definition) is 2. The minimum absolute atomic E-state index is 0.0346. The molecule has 1 heterocycles. The lowest BCUT2D eigenvalue weighted by atomic mass is 9.84. The number of nitrogens with one attached hydrogen (secondary N) is 1. The van der Waals surface area contributed by atoms with Gasteiger partial charge in [0.2, 0.25) is 5.91 Å². The summed E-state index contributed by atoms with van der Waals surface area (Å²) in [7, 11) is 0. The van der Waals surface area contributed by atoms with Crippen LogP contribution in [0.25, 0.3) is 0 Å². The van der Waals surface area contributed by atoms with E-state index in [0.29, 0.717) is 37.8 Å². The average Bonchev–Trinajstić information content (AvgIpc) is 3.07. The first-order chi connectivity index (χ1) is 10.9. The fraction of sp³-hybridized carbons (Fsp3) is 0.938. The number of likely N-dealkylation sites (tertiary alicyclic amines) is 1. The van der Waals surface area contributed by atoms with E-state index in [-0.39, 0.29) is 30.4 Å². The molecule has 2 N–H and O–H groups in total. The van der Waals surface area contributed by atoms with Gasteiger partial charge in [-0.15, -0.1) is 0 Å². The van der Waals surface area contributed by atoms with E-state index >= 15 is 0 Å². The van der Waals surface area contributed by atoms with E-state index in [1.165, 1.54) is 4.90 Å². The summed E-state index contributed by atoms with van der Waals surface area (Å²) in [6, 6.07) is 0.0551. The van der Waals surface area contributed by atoms with Crippen molar-refractivity contribution in [1.82, 2.24) is 10.2 Å². The zero-order valence-corrected chi connectivity index (χ0v) is 13.2. The van der Waals surface area contributed by atoms with Crippen molar-refractivity contribution in [3.05, 3.63) is 0 Å². The first-order valence-corrected chi connectivity index (χ1v) is 8.57. The molecule has 2 aliphatic carbocycles. The Kier molecular flexibility index (Phi) is 4.88. The Hall–Kier alpha value is -0.820. The second-order valence-electron chi connectivity index (χ2n) is 7.38. The van der Waals surface area contributed by atoms with Gasteiger partial charge in [0, 0.05) is 24.5 Å². The molecule has 3 fully saturated rings. The lowest BCUT2D eigenvalue weighted by Gasteiger charge is -2.35. The van der Waals surface area contributed by atoms with Crippen molar-refractivity contribution >= 4 is 5.91 Å². The van der Waals surface area contributed by atoms with Gasteiger partial charge in [0.15, 0.2) is 0 Å². The Labute approximate surface area is 134 Å². The standard InChI is InChI=1S/C16H25F3N2O2/c17-16(18,19)9-21-5-3-10(4-6-21)15(23)20-14-12-2-1-11(7-12)13(14)8-22/h10-14,22H,1-9H2,(H,20,23)/t11-,12-,13+,14+/m0/s1. The van der Waals surface area contributed by atoms with E-state index in [2.05, 4.69) is 5.32 Å². The lowest BCUT2D eigenvalue weighted by molar-refractivity contribution is -0.149. The largest absolute Gasteiger partial charge is 0.401 e. The maximum absolute atomic E-state index is 12.5. The summed E-state index contributed by atoms with van der Waals surface area (Å²) >= 11 is 0. The Morgan fingerprint density at radius 1 is 1.13 bits per heavy atom. The van der Waals surface area contributed by atoms with Gasteiger partial charge in [-0.1, -0.05) is 0 Å². The van der Waals surface area contributed by atoms with Crippen LogP contribution in [0.3, 0.4) is 0 Å². The Balaban J connectivity index is 1.48. The third kappa shape index (κ3) is 3.82. The molecule has 1 saturated heterocycles. The van der Waals surface area contributed by atoms with Crippen LogP contribution in [0.1, 0.15) is 32.1 Å². The number of fused-ring (bicyclic) bond motifs is 2. The van der Waals surface area contributed by atoms with Gasteiger partial charge in [0.05, 0.1) is 6.54 Å². The molecule has 132 valence electrons. The normalized spacial score (nSPS) is 35.7. The number of piperidine rings is 1. The first kappa shape index (κ1) is 17.0. The lowest BCUT2D eigenvalue weighted by Crippen LogP contribution is -2.49. The zero-order valence-electron chi connectivity index (χ0n) is 13.2.